The van der Waals surface area contributed by atoms with Crippen molar-refractivity contribution < 1.29 is 0 Å². The second-order valence-corrected chi connectivity index (χ2v) is 4.16. The van der Waals surface area contributed by atoms with Gasteiger partial charge in [-0.25, -0.2) is 9.97 Å². The lowest BCUT2D eigenvalue weighted by molar-refractivity contribution is 0.760. The summed E-state index contributed by atoms with van der Waals surface area (Å²) >= 11 is 0. The van der Waals surface area contributed by atoms with Gasteiger partial charge in [-0.05, 0) is 13.0 Å². The third-order valence-electron chi connectivity index (χ3n) is 2.21. The van der Waals surface area contributed by atoms with Crippen LogP contribution >= 0.6 is 0 Å². The molecule has 0 spiro atoms. The minimum absolute atomic E-state index is 0.357. The highest BCUT2D eigenvalue weighted by molar-refractivity contribution is 5.44. The Bertz CT molecular complexity index is 320. The van der Waals surface area contributed by atoms with Gasteiger partial charge in [-0.3, -0.25) is 0 Å². The van der Waals surface area contributed by atoms with Crippen molar-refractivity contribution in [3.05, 3.63) is 17.6 Å². The fourth-order valence-corrected chi connectivity index (χ4v) is 1.41. The molecular formula is C11H20N4. The summed E-state index contributed by atoms with van der Waals surface area (Å²) in [6.07, 6.45) is 2.72. The second kappa shape index (κ2) is 5.07. The quantitative estimate of drug-likeness (QED) is 0.807. The zero-order valence-corrected chi connectivity index (χ0v) is 9.99. The highest BCUT2D eigenvalue weighted by Gasteiger charge is 2.10. The third-order valence-corrected chi connectivity index (χ3v) is 2.21. The molecule has 0 unspecified atom stereocenters. The fourth-order valence-electron chi connectivity index (χ4n) is 1.41. The average Bonchev–Trinajstić information content (AvgIpc) is 2.18. The monoisotopic (exact) mass is 208 g/mol. The summed E-state index contributed by atoms with van der Waals surface area (Å²) in [6, 6.07) is 0. The van der Waals surface area contributed by atoms with Crippen LogP contribution in [0.15, 0.2) is 6.20 Å². The lowest BCUT2D eigenvalue weighted by Gasteiger charge is -2.17. The van der Waals surface area contributed by atoms with E-state index in [0.717, 1.165) is 23.6 Å². The van der Waals surface area contributed by atoms with Crippen LogP contribution in [0.2, 0.25) is 0 Å². The van der Waals surface area contributed by atoms with E-state index in [1.807, 2.05) is 25.2 Å². The molecule has 0 aromatic carbocycles. The van der Waals surface area contributed by atoms with Crippen LogP contribution in [-0.4, -0.2) is 30.6 Å². The zero-order valence-electron chi connectivity index (χ0n) is 9.99. The lowest BCUT2D eigenvalue weighted by atomic mass is 10.1. The van der Waals surface area contributed by atoms with Crippen LogP contribution < -0.4 is 10.6 Å². The van der Waals surface area contributed by atoms with Crippen LogP contribution in [0.1, 0.15) is 31.2 Å². The molecule has 0 atom stereocenters. The number of hydrogen-bond donors (Lipinski definition) is 1. The highest BCUT2D eigenvalue weighted by atomic mass is 15.2. The van der Waals surface area contributed by atoms with E-state index in [-0.39, 0.29) is 0 Å². The largest absolute Gasteiger partial charge is 0.362 e. The van der Waals surface area contributed by atoms with Gasteiger partial charge in [0, 0.05) is 31.8 Å². The smallest absolute Gasteiger partial charge is 0.135 e. The van der Waals surface area contributed by atoms with Crippen molar-refractivity contribution in [3.8, 4) is 0 Å². The molecule has 0 aliphatic heterocycles. The Morgan fingerprint density at radius 1 is 1.40 bits per heavy atom. The van der Waals surface area contributed by atoms with E-state index in [1.165, 1.54) is 0 Å². The normalized spacial score (nSPS) is 10.8. The Morgan fingerprint density at radius 3 is 2.53 bits per heavy atom. The van der Waals surface area contributed by atoms with Crippen molar-refractivity contribution in [3.63, 3.8) is 0 Å². The maximum Gasteiger partial charge on any atom is 0.135 e. The van der Waals surface area contributed by atoms with Crippen molar-refractivity contribution in [1.29, 1.82) is 0 Å². The molecule has 1 aromatic rings. The molecule has 0 bridgehead atoms. The molecule has 1 heterocycles. The van der Waals surface area contributed by atoms with Crippen LogP contribution in [0.5, 0.6) is 0 Å². The van der Waals surface area contributed by atoms with Gasteiger partial charge >= 0.3 is 0 Å². The van der Waals surface area contributed by atoms with E-state index in [1.54, 1.807) is 0 Å². The van der Waals surface area contributed by atoms with Crippen LogP contribution in [-0.2, 0) is 6.42 Å². The van der Waals surface area contributed by atoms with Gasteiger partial charge in [0.25, 0.3) is 0 Å². The van der Waals surface area contributed by atoms with Crippen LogP contribution in [0.25, 0.3) is 0 Å². The van der Waals surface area contributed by atoms with Gasteiger partial charge < -0.3 is 10.6 Å². The average molecular weight is 208 g/mol. The molecule has 4 heteroatoms. The topological polar surface area (TPSA) is 55.0 Å². The van der Waals surface area contributed by atoms with Crippen molar-refractivity contribution in [1.82, 2.24) is 9.97 Å². The van der Waals surface area contributed by atoms with Gasteiger partial charge in [0.2, 0.25) is 0 Å². The summed E-state index contributed by atoms with van der Waals surface area (Å²) in [5.41, 5.74) is 6.67. The van der Waals surface area contributed by atoms with E-state index in [9.17, 15) is 0 Å². The highest BCUT2D eigenvalue weighted by Crippen LogP contribution is 2.18. The molecule has 0 aliphatic rings. The van der Waals surface area contributed by atoms with Gasteiger partial charge in [0.05, 0.1) is 0 Å². The number of hydrogen-bond acceptors (Lipinski definition) is 4. The first-order valence-electron chi connectivity index (χ1n) is 5.29. The SMILES string of the molecule is CC(C)c1ncc(CCN)c(N(C)C)n1. The predicted molar refractivity (Wildman–Crippen MR) is 63.2 cm³/mol. The summed E-state index contributed by atoms with van der Waals surface area (Å²) in [5.74, 6) is 2.23. The molecule has 0 saturated carbocycles. The van der Waals surface area contributed by atoms with Crippen molar-refractivity contribution in [2.75, 3.05) is 25.5 Å². The number of nitrogens with zero attached hydrogens (tertiary/aromatic N) is 3. The van der Waals surface area contributed by atoms with Crippen LogP contribution in [0, 0.1) is 0 Å². The first-order valence-corrected chi connectivity index (χ1v) is 5.29. The molecule has 0 amide bonds. The number of aromatic nitrogens is 2. The number of anilines is 1. The van der Waals surface area contributed by atoms with E-state index >= 15 is 0 Å². The van der Waals surface area contributed by atoms with Crippen LogP contribution in [0.4, 0.5) is 5.82 Å². The Labute approximate surface area is 91.5 Å². The van der Waals surface area contributed by atoms with E-state index < -0.39 is 0 Å². The standard InChI is InChI=1S/C11H20N4/c1-8(2)10-13-7-9(5-6-12)11(14-10)15(3)4/h7-8H,5-6,12H2,1-4H3. The molecule has 0 fully saturated rings. The Morgan fingerprint density at radius 2 is 2.07 bits per heavy atom. The third kappa shape index (κ3) is 2.89. The Kier molecular flexibility index (Phi) is 4.03. The van der Waals surface area contributed by atoms with Crippen molar-refractivity contribution in [2.45, 2.75) is 26.2 Å². The molecule has 0 radical (unpaired) electrons. The minimum Gasteiger partial charge on any atom is -0.362 e. The van der Waals surface area contributed by atoms with Crippen LogP contribution in [0.3, 0.4) is 0 Å². The molecule has 84 valence electrons. The zero-order chi connectivity index (χ0) is 11.4. The summed E-state index contributed by atoms with van der Waals surface area (Å²) in [4.78, 5) is 10.9. The predicted octanol–water partition coefficient (Wildman–Crippen LogP) is 1.17. The van der Waals surface area contributed by atoms with Crippen molar-refractivity contribution in [2.24, 2.45) is 5.73 Å². The number of rotatable bonds is 4. The van der Waals surface area contributed by atoms with Gasteiger partial charge in [0.15, 0.2) is 0 Å². The Balaban J connectivity index is 3.09. The summed E-state index contributed by atoms with van der Waals surface area (Å²) in [5, 5.41) is 0. The molecule has 15 heavy (non-hydrogen) atoms. The maximum atomic E-state index is 5.55. The lowest BCUT2D eigenvalue weighted by Crippen LogP contribution is -2.17. The van der Waals surface area contributed by atoms with Gasteiger partial charge in [-0.15, -0.1) is 0 Å². The molecular weight excluding hydrogens is 188 g/mol. The van der Waals surface area contributed by atoms with Gasteiger partial charge in [-0.1, -0.05) is 13.8 Å². The van der Waals surface area contributed by atoms with Crippen molar-refractivity contribution >= 4 is 5.82 Å². The van der Waals surface area contributed by atoms with Gasteiger partial charge in [-0.2, -0.15) is 0 Å². The first kappa shape index (κ1) is 11.9. The fraction of sp³-hybridized carbons (Fsp3) is 0.636. The minimum atomic E-state index is 0.357. The second-order valence-electron chi connectivity index (χ2n) is 4.16. The van der Waals surface area contributed by atoms with E-state index in [0.29, 0.717) is 12.5 Å². The number of nitrogens with two attached hydrogens (primary N) is 1. The molecule has 0 saturated heterocycles. The Hall–Kier alpha value is -1.16. The molecule has 1 rings (SSSR count). The maximum absolute atomic E-state index is 5.55. The summed E-state index contributed by atoms with van der Waals surface area (Å²) < 4.78 is 0. The molecule has 4 nitrogen and oxygen atoms in total. The molecule has 0 aliphatic carbocycles. The van der Waals surface area contributed by atoms with Gasteiger partial charge in [0.1, 0.15) is 11.6 Å². The summed E-state index contributed by atoms with van der Waals surface area (Å²) in [6.45, 7) is 4.82. The first-order chi connectivity index (χ1) is 7.06. The summed E-state index contributed by atoms with van der Waals surface area (Å²) in [7, 11) is 3.99. The van der Waals surface area contributed by atoms with E-state index in [4.69, 9.17) is 5.73 Å². The molecule has 1 aromatic heterocycles. The molecule has 2 N–H and O–H groups in total. The van der Waals surface area contributed by atoms with E-state index in [2.05, 4.69) is 23.8 Å².